The summed E-state index contributed by atoms with van der Waals surface area (Å²) in [6.45, 7) is 2.03. The molecule has 0 aliphatic carbocycles. The number of amides is 2. The monoisotopic (exact) mass is 280 g/mol. The van der Waals surface area contributed by atoms with E-state index in [1.54, 1.807) is 12.1 Å². The van der Waals surface area contributed by atoms with Crippen LogP contribution in [0.1, 0.15) is 32.6 Å². The maximum Gasteiger partial charge on any atom is 0.231 e. The third-order valence-electron chi connectivity index (χ3n) is 3.12. The molecule has 2 rings (SSSR count). The van der Waals surface area contributed by atoms with E-state index in [0.717, 1.165) is 18.5 Å². The van der Waals surface area contributed by atoms with Crippen molar-refractivity contribution in [2.75, 3.05) is 5.32 Å². The number of nitrogens with zero attached hydrogens (tertiary/aromatic N) is 1. The van der Waals surface area contributed by atoms with Crippen molar-refractivity contribution in [2.24, 2.45) is 0 Å². The van der Waals surface area contributed by atoms with Gasteiger partial charge in [-0.05, 0) is 24.6 Å². The van der Waals surface area contributed by atoms with E-state index in [4.69, 9.17) is 11.6 Å². The molecule has 1 aliphatic heterocycles. The maximum absolute atomic E-state index is 11.8. The molecular formula is C14H17ClN2O2. The van der Waals surface area contributed by atoms with Crippen molar-refractivity contribution in [3.8, 4) is 0 Å². The van der Waals surface area contributed by atoms with E-state index in [1.165, 1.54) is 4.90 Å². The van der Waals surface area contributed by atoms with E-state index < -0.39 is 0 Å². The number of benzene rings is 1. The SMILES string of the molecule is CCC[C@H](Nc1cccc(Cl)c1)N1C(=O)CCC1=O. The number of carbonyl (C=O) groups excluding carboxylic acids is 2. The molecule has 19 heavy (non-hydrogen) atoms. The van der Waals surface area contributed by atoms with Crippen LogP contribution in [0.25, 0.3) is 0 Å². The number of rotatable bonds is 5. The molecule has 0 radical (unpaired) electrons. The molecular weight excluding hydrogens is 264 g/mol. The van der Waals surface area contributed by atoms with Gasteiger partial charge in [-0.3, -0.25) is 14.5 Å². The first kappa shape index (κ1) is 13.9. The van der Waals surface area contributed by atoms with Crippen LogP contribution in [-0.2, 0) is 9.59 Å². The Hall–Kier alpha value is -1.55. The van der Waals surface area contributed by atoms with Crippen molar-refractivity contribution < 1.29 is 9.59 Å². The van der Waals surface area contributed by atoms with E-state index in [0.29, 0.717) is 17.9 Å². The fourth-order valence-electron chi connectivity index (χ4n) is 2.25. The minimum Gasteiger partial charge on any atom is -0.365 e. The summed E-state index contributed by atoms with van der Waals surface area (Å²) >= 11 is 5.93. The molecule has 0 aromatic heterocycles. The van der Waals surface area contributed by atoms with E-state index in [1.807, 2.05) is 19.1 Å². The molecule has 0 unspecified atom stereocenters. The second kappa shape index (κ2) is 6.06. The number of likely N-dealkylation sites (tertiary alicyclic amines) is 1. The lowest BCUT2D eigenvalue weighted by Crippen LogP contribution is -2.44. The van der Waals surface area contributed by atoms with Crippen LogP contribution < -0.4 is 5.32 Å². The second-order valence-corrected chi connectivity index (χ2v) is 5.05. The van der Waals surface area contributed by atoms with Crippen LogP contribution >= 0.6 is 11.6 Å². The van der Waals surface area contributed by atoms with Gasteiger partial charge in [0.15, 0.2) is 0 Å². The standard InChI is InChI=1S/C14H17ClN2O2/c1-2-4-12(17-13(18)7-8-14(17)19)16-11-6-3-5-10(15)9-11/h3,5-6,9,12,16H,2,4,7-8H2,1H3/t12-/m1/s1. The summed E-state index contributed by atoms with van der Waals surface area (Å²) in [4.78, 5) is 24.9. The molecule has 1 saturated heterocycles. The zero-order valence-corrected chi connectivity index (χ0v) is 11.6. The first-order chi connectivity index (χ1) is 9.11. The number of hydrogen-bond donors (Lipinski definition) is 1. The Kier molecular flexibility index (Phi) is 4.43. The average Bonchev–Trinajstić information content (AvgIpc) is 2.69. The molecule has 5 heteroatoms. The summed E-state index contributed by atoms with van der Waals surface area (Å²) < 4.78 is 0. The Morgan fingerprint density at radius 1 is 1.32 bits per heavy atom. The Balaban J connectivity index is 2.16. The highest BCUT2D eigenvalue weighted by Gasteiger charge is 2.34. The van der Waals surface area contributed by atoms with Crippen LogP contribution in [0.5, 0.6) is 0 Å². The average molecular weight is 281 g/mol. The Morgan fingerprint density at radius 3 is 2.58 bits per heavy atom. The quantitative estimate of drug-likeness (QED) is 0.844. The van der Waals surface area contributed by atoms with Gasteiger partial charge < -0.3 is 5.32 Å². The fourth-order valence-corrected chi connectivity index (χ4v) is 2.44. The number of nitrogens with one attached hydrogen (secondary N) is 1. The first-order valence-electron chi connectivity index (χ1n) is 6.49. The molecule has 1 aromatic carbocycles. The summed E-state index contributed by atoms with van der Waals surface area (Å²) in [5.74, 6) is -0.198. The molecule has 2 amide bonds. The number of anilines is 1. The van der Waals surface area contributed by atoms with Crippen molar-refractivity contribution >= 4 is 29.1 Å². The largest absolute Gasteiger partial charge is 0.365 e. The zero-order chi connectivity index (χ0) is 13.8. The normalized spacial score (nSPS) is 16.8. The Morgan fingerprint density at radius 2 is 2.00 bits per heavy atom. The predicted octanol–water partition coefficient (Wildman–Crippen LogP) is 3.03. The minimum atomic E-state index is -0.286. The van der Waals surface area contributed by atoms with Gasteiger partial charge in [-0.2, -0.15) is 0 Å². The highest BCUT2D eigenvalue weighted by atomic mass is 35.5. The van der Waals surface area contributed by atoms with Crippen LogP contribution in [-0.4, -0.2) is 22.9 Å². The highest BCUT2D eigenvalue weighted by Crippen LogP contribution is 2.22. The molecule has 1 heterocycles. The smallest absolute Gasteiger partial charge is 0.231 e. The molecule has 4 nitrogen and oxygen atoms in total. The molecule has 1 aliphatic rings. The molecule has 0 bridgehead atoms. The molecule has 1 N–H and O–H groups in total. The van der Waals surface area contributed by atoms with E-state index in [9.17, 15) is 9.59 Å². The van der Waals surface area contributed by atoms with Crippen molar-refractivity contribution in [3.63, 3.8) is 0 Å². The minimum absolute atomic E-state index is 0.0991. The lowest BCUT2D eigenvalue weighted by Gasteiger charge is -2.27. The van der Waals surface area contributed by atoms with Gasteiger partial charge in [-0.15, -0.1) is 0 Å². The number of halogens is 1. The third-order valence-corrected chi connectivity index (χ3v) is 3.36. The van der Waals surface area contributed by atoms with Crippen molar-refractivity contribution in [1.29, 1.82) is 0 Å². The summed E-state index contributed by atoms with van der Waals surface area (Å²) in [6.07, 6.45) is 1.96. The van der Waals surface area contributed by atoms with Crippen molar-refractivity contribution in [2.45, 2.75) is 38.8 Å². The van der Waals surface area contributed by atoms with Crippen LogP contribution in [0.15, 0.2) is 24.3 Å². The Bertz CT molecular complexity index is 474. The first-order valence-corrected chi connectivity index (χ1v) is 6.86. The van der Waals surface area contributed by atoms with Crippen molar-refractivity contribution in [1.82, 2.24) is 4.90 Å². The van der Waals surface area contributed by atoms with Gasteiger partial charge in [0.05, 0.1) is 0 Å². The van der Waals surface area contributed by atoms with Gasteiger partial charge in [0.25, 0.3) is 0 Å². The Labute approximate surface area is 117 Å². The van der Waals surface area contributed by atoms with E-state index in [-0.39, 0.29) is 18.0 Å². The molecule has 0 spiro atoms. The zero-order valence-electron chi connectivity index (χ0n) is 10.9. The lowest BCUT2D eigenvalue weighted by molar-refractivity contribution is -0.140. The highest BCUT2D eigenvalue weighted by molar-refractivity contribution is 6.30. The summed E-state index contributed by atoms with van der Waals surface area (Å²) in [5.41, 5.74) is 0.818. The topological polar surface area (TPSA) is 49.4 Å². The van der Waals surface area contributed by atoms with Gasteiger partial charge in [0.2, 0.25) is 11.8 Å². The van der Waals surface area contributed by atoms with Crippen LogP contribution in [0.4, 0.5) is 5.69 Å². The van der Waals surface area contributed by atoms with Gasteiger partial charge in [0.1, 0.15) is 6.17 Å². The second-order valence-electron chi connectivity index (χ2n) is 4.62. The van der Waals surface area contributed by atoms with Gasteiger partial charge in [0, 0.05) is 23.6 Å². The van der Waals surface area contributed by atoms with Crippen LogP contribution in [0.2, 0.25) is 5.02 Å². The predicted molar refractivity (Wildman–Crippen MR) is 74.9 cm³/mol. The lowest BCUT2D eigenvalue weighted by atomic mass is 10.2. The molecule has 1 atom stereocenters. The van der Waals surface area contributed by atoms with Crippen LogP contribution in [0, 0.1) is 0 Å². The van der Waals surface area contributed by atoms with Gasteiger partial charge in [-0.1, -0.05) is 31.0 Å². The van der Waals surface area contributed by atoms with Crippen LogP contribution in [0.3, 0.4) is 0 Å². The maximum atomic E-state index is 11.8. The summed E-state index contributed by atoms with van der Waals surface area (Å²) in [7, 11) is 0. The van der Waals surface area contributed by atoms with Gasteiger partial charge in [-0.25, -0.2) is 0 Å². The fraction of sp³-hybridized carbons (Fsp3) is 0.429. The molecule has 1 aromatic rings. The number of carbonyl (C=O) groups is 2. The number of hydrogen-bond acceptors (Lipinski definition) is 3. The van der Waals surface area contributed by atoms with E-state index >= 15 is 0 Å². The van der Waals surface area contributed by atoms with E-state index in [2.05, 4.69) is 5.32 Å². The molecule has 102 valence electrons. The van der Waals surface area contributed by atoms with Crippen molar-refractivity contribution in [3.05, 3.63) is 29.3 Å². The summed E-state index contributed by atoms with van der Waals surface area (Å²) in [5, 5.41) is 3.85. The third kappa shape index (κ3) is 3.26. The summed E-state index contributed by atoms with van der Waals surface area (Å²) in [6, 6.07) is 7.28. The number of imide groups is 1. The van der Waals surface area contributed by atoms with Gasteiger partial charge >= 0.3 is 0 Å². The molecule has 0 saturated carbocycles. The molecule has 1 fully saturated rings.